The van der Waals surface area contributed by atoms with Crippen LogP contribution in [-0.4, -0.2) is 19.1 Å². The van der Waals surface area contributed by atoms with Crippen molar-refractivity contribution in [3.05, 3.63) is 69.8 Å². The second-order valence-corrected chi connectivity index (χ2v) is 6.57. The Kier molecular flexibility index (Phi) is 4.75. The third-order valence-electron chi connectivity index (χ3n) is 3.16. The van der Waals surface area contributed by atoms with E-state index in [1.54, 1.807) is 6.92 Å². The minimum atomic E-state index is -3.87. The number of rotatable bonds is 5. The first-order valence-electron chi connectivity index (χ1n) is 6.67. The Labute approximate surface area is 133 Å². The lowest BCUT2D eigenvalue weighted by Gasteiger charge is -2.05. The summed E-state index contributed by atoms with van der Waals surface area (Å²) in [5.41, 5.74) is 2.22. The lowest BCUT2D eigenvalue weighted by Crippen LogP contribution is -2.20. The average molecular weight is 333 g/mol. The van der Waals surface area contributed by atoms with Crippen LogP contribution >= 0.6 is 0 Å². The van der Waals surface area contributed by atoms with Crippen LogP contribution in [0.2, 0.25) is 0 Å². The monoisotopic (exact) mass is 333 g/mol. The molecular weight excluding hydrogens is 318 g/mol. The third kappa shape index (κ3) is 4.13. The number of nitrogens with one attached hydrogen (secondary N) is 1. The van der Waals surface area contributed by atoms with Gasteiger partial charge in [-0.25, -0.2) is 0 Å². The van der Waals surface area contributed by atoms with Crippen molar-refractivity contribution in [2.45, 2.75) is 18.7 Å². The predicted molar refractivity (Wildman–Crippen MR) is 86.8 cm³/mol. The Morgan fingerprint density at radius 2 is 1.65 bits per heavy atom. The fraction of sp³-hybridized carbons (Fsp3) is 0.133. The van der Waals surface area contributed by atoms with E-state index in [0.29, 0.717) is 5.71 Å². The highest BCUT2D eigenvalue weighted by molar-refractivity contribution is 7.89. The van der Waals surface area contributed by atoms with Crippen LogP contribution in [0.1, 0.15) is 18.1 Å². The minimum Gasteiger partial charge on any atom is -0.258 e. The SMILES string of the molecule is C/C(=N\NS(=O)(=O)c1ccc([N+](=O)[O-])cc1)c1ccc(C)cc1. The highest BCUT2D eigenvalue weighted by atomic mass is 32.2. The van der Waals surface area contributed by atoms with E-state index in [2.05, 4.69) is 9.93 Å². The first-order chi connectivity index (χ1) is 10.8. The number of nitro groups is 1. The summed E-state index contributed by atoms with van der Waals surface area (Å²) in [7, 11) is -3.87. The number of hydrogen-bond acceptors (Lipinski definition) is 5. The first-order valence-corrected chi connectivity index (χ1v) is 8.15. The number of hydrazone groups is 1. The summed E-state index contributed by atoms with van der Waals surface area (Å²) in [6.07, 6.45) is 0. The molecule has 0 saturated heterocycles. The van der Waals surface area contributed by atoms with Gasteiger partial charge in [0.25, 0.3) is 15.7 Å². The Bertz CT molecular complexity index is 841. The third-order valence-corrected chi connectivity index (χ3v) is 4.39. The van der Waals surface area contributed by atoms with Gasteiger partial charge in [0.2, 0.25) is 0 Å². The normalized spacial score (nSPS) is 12.0. The van der Waals surface area contributed by atoms with Crippen molar-refractivity contribution < 1.29 is 13.3 Å². The molecule has 2 aromatic carbocycles. The molecule has 1 N–H and O–H groups in total. The Balaban J connectivity index is 2.18. The maximum Gasteiger partial charge on any atom is 0.276 e. The van der Waals surface area contributed by atoms with Crippen molar-refractivity contribution in [1.82, 2.24) is 4.83 Å². The van der Waals surface area contributed by atoms with Crippen molar-refractivity contribution in [2.24, 2.45) is 5.10 Å². The average Bonchev–Trinajstić information content (AvgIpc) is 2.53. The largest absolute Gasteiger partial charge is 0.276 e. The van der Waals surface area contributed by atoms with Crippen molar-refractivity contribution >= 4 is 21.4 Å². The van der Waals surface area contributed by atoms with Gasteiger partial charge in [-0.15, -0.1) is 0 Å². The predicted octanol–water partition coefficient (Wildman–Crippen LogP) is 2.61. The van der Waals surface area contributed by atoms with Crippen LogP contribution in [0.4, 0.5) is 5.69 Å². The van der Waals surface area contributed by atoms with Crippen LogP contribution in [-0.2, 0) is 10.0 Å². The number of nitrogens with zero attached hydrogens (tertiary/aromatic N) is 2. The van der Waals surface area contributed by atoms with E-state index < -0.39 is 14.9 Å². The lowest BCUT2D eigenvalue weighted by atomic mass is 10.1. The zero-order chi connectivity index (χ0) is 17.0. The standard InChI is InChI=1S/C15H15N3O4S/c1-11-3-5-13(6-4-11)12(2)16-17-23(21,22)15-9-7-14(8-10-15)18(19)20/h3-10,17H,1-2H3/b16-12+. The molecule has 0 fully saturated rings. The Morgan fingerprint density at radius 3 is 2.17 bits per heavy atom. The Morgan fingerprint density at radius 1 is 1.09 bits per heavy atom. The number of benzene rings is 2. The quantitative estimate of drug-likeness (QED) is 0.516. The van der Waals surface area contributed by atoms with E-state index >= 15 is 0 Å². The van der Waals surface area contributed by atoms with Crippen molar-refractivity contribution in [1.29, 1.82) is 0 Å². The fourth-order valence-corrected chi connectivity index (χ4v) is 2.64. The van der Waals surface area contributed by atoms with Gasteiger partial charge in [-0.05, 0) is 31.5 Å². The molecule has 2 aromatic rings. The smallest absolute Gasteiger partial charge is 0.258 e. The zero-order valence-electron chi connectivity index (χ0n) is 12.6. The second kappa shape index (κ2) is 6.57. The molecule has 0 aliphatic rings. The number of sulfonamides is 1. The highest BCUT2D eigenvalue weighted by Gasteiger charge is 2.15. The van der Waals surface area contributed by atoms with E-state index in [-0.39, 0.29) is 10.6 Å². The molecule has 2 rings (SSSR count). The number of nitro benzene ring substituents is 1. The minimum absolute atomic E-state index is 0.0939. The van der Waals surface area contributed by atoms with Gasteiger partial charge in [0, 0.05) is 12.1 Å². The Hall–Kier alpha value is -2.74. The summed E-state index contributed by atoms with van der Waals surface area (Å²) >= 11 is 0. The molecule has 0 aliphatic carbocycles. The number of aryl methyl sites for hydroxylation is 1. The van der Waals surface area contributed by atoms with Gasteiger partial charge in [-0.2, -0.15) is 18.4 Å². The molecule has 120 valence electrons. The molecule has 23 heavy (non-hydrogen) atoms. The molecular formula is C15H15N3O4S. The maximum atomic E-state index is 12.1. The van der Waals surface area contributed by atoms with Crippen molar-refractivity contribution in [3.63, 3.8) is 0 Å². The van der Waals surface area contributed by atoms with Gasteiger partial charge < -0.3 is 0 Å². The van der Waals surface area contributed by atoms with Gasteiger partial charge in [-0.1, -0.05) is 29.8 Å². The summed E-state index contributed by atoms with van der Waals surface area (Å²) in [5, 5.41) is 14.5. The van der Waals surface area contributed by atoms with Gasteiger partial charge >= 0.3 is 0 Å². The first kappa shape index (κ1) is 16.6. The topological polar surface area (TPSA) is 102 Å². The summed E-state index contributed by atoms with van der Waals surface area (Å²) < 4.78 is 24.2. The molecule has 0 bridgehead atoms. The molecule has 0 amide bonds. The molecule has 0 unspecified atom stereocenters. The van der Waals surface area contributed by atoms with E-state index in [4.69, 9.17) is 0 Å². The van der Waals surface area contributed by atoms with Crippen LogP contribution in [0, 0.1) is 17.0 Å². The maximum absolute atomic E-state index is 12.1. The van der Waals surface area contributed by atoms with Crippen LogP contribution in [0.5, 0.6) is 0 Å². The van der Waals surface area contributed by atoms with Gasteiger partial charge in [0.05, 0.1) is 15.5 Å². The van der Waals surface area contributed by atoms with Crippen molar-refractivity contribution in [3.8, 4) is 0 Å². The molecule has 0 aliphatic heterocycles. The van der Waals surface area contributed by atoms with E-state index in [1.807, 2.05) is 31.2 Å². The number of non-ortho nitro benzene ring substituents is 1. The second-order valence-electron chi connectivity index (χ2n) is 4.91. The summed E-state index contributed by atoms with van der Waals surface area (Å²) in [4.78, 5) is 12.0. The molecule has 0 saturated carbocycles. The molecule has 0 atom stereocenters. The molecule has 0 radical (unpaired) electrons. The molecule has 7 nitrogen and oxygen atoms in total. The van der Waals surface area contributed by atoms with Crippen LogP contribution in [0.25, 0.3) is 0 Å². The summed E-state index contributed by atoms with van der Waals surface area (Å²) in [5.74, 6) is 0. The van der Waals surface area contributed by atoms with Crippen LogP contribution < -0.4 is 4.83 Å². The lowest BCUT2D eigenvalue weighted by molar-refractivity contribution is -0.384. The fourth-order valence-electron chi connectivity index (χ4n) is 1.79. The molecule has 0 aromatic heterocycles. The summed E-state index contributed by atoms with van der Waals surface area (Å²) in [6.45, 7) is 3.64. The van der Waals surface area contributed by atoms with Gasteiger partial charge in [0.15, 0.2) is 0 Å². The van der Waals surface area contributed by atoms with E-state index in [0.717, 1.165) is 35.4 Å². The van der Waals surface area contributed by atoms with Crippen LogP contribution in [0.15, 0.2) is 58.5 Å². The van der Waals surface area contributed by atoms with E-state index in [1.165, 1.54) is 0 Å². The van der Waals surface area contributed by atoms with Crippen molar-refractivity contribution in [2.75, 3.05) is 0 Å². The van der Waals surface area contributed by atoms with Crippen LogP contribution in [0.3, 0.4) is 0 Å². The molecule has 0 heterocycles. The zero-order valence-corrected chi connectivity index (χ0v) is 13.4. The highest BCUT2D eigenvalue weighted by Crippen LogP contribution is 2.15. The van der Waals surface area contributed by atoms with Gasteiger partial charge in [-0.3, -0.25) is 10.1 Å². The van der Waals surface area contributed by atoms with E-state index in [9.17, 15) is 18.5 Å². The molecule has 0 spiro atoms. The molecule has 8 heteroatoms. The van der Waals surface area contributed by atoms with Gasteiger partial charge in [0.1, 0.15) is 0 Å². The summed E-state index contributed by atoms with van der Waals surface area (Å²) in [6, 6.07) is 12.1. The number of hydrogen-bond donors (Lipinski definition) is 1.